The summed E-state index contributed by atoms with van der Waals surface area (Å²) in [6.07, 6.45) is 0.944. The van der Waals surface area contributed by atoms with Crippen molar-refractivity contribution in [2.45, 2.75) is 38.1 Å². The Labute approximate surface area is 198 Å². The van der Waals surface area contributed by atoms with Crippen molar-refractivity contribution < 1.29 is 13.2 Å². The molecule has 32 heavy (non-hydrogen) atoms. The van der Waals surface area contributed by atoms with Crippen LogP contribution in [-0.2, 0) is 21.2 Å². The van der Waals surface area contributed by atoms with Gasteiger partial charge in [-0.2, -0.15) is 0 Å². The van der Waals surface area contributed by atoms with Gasteiger partial charge in [0.2, 0.25) is 5.91 Å². The smallest absolute Gasteiger partial charge is 0.264 e. The Morgan fingerprint density at radius 1 is 0.969 bits per heavy atom. The van der Waals surface area contributed by atoms with Crippen LogP contribution in [0.5, 0.6) is 0 Å². The van der Waals surface area contributed by atoms with Crippen LogP contribution < -0.4 is 9.62 Å². The third-order valence-corrected chi connectivity index (χ3v) is 7.59. The van der Waals surface area contributed by atoms with Crippen LogP contribution in [0.3, 0.4) is 0 Å². The Morgan fingerprint density at radius 3 is 2.12 bits per heavy atom. The first-order valence-corrected chi connectivity index (χ1v) is 12.7. The summed E-state index contributed by atoms with van der Waals surface area (Å²) in [4.78, 5) is 13.0. The minimum atomic E-state index is -3.93. The Morgan fingerprint density at radius 2 is 1.56 bits per heavy atom. The van der Waals surface area contributed by atoms with Crippen molar-refractivity contribution >= 4 is 37.5 Å². The molecule has 3 aromatic rings. The molecule has 0 bridgehead atoms. The molecule has 0 saturated heterocycles. The molecule has 168 valence electrons. The van der Waals surface area contributed by atoms with Gasteiger partial charge in [0.25, 0.3) is 10.0 Å². The Balaban J connectivity index is 1.85. The summed E-state index contributed by atoms with van der Waals surface area (Å²) in [7, 11) is -3.93. The normalized spacial score (nSPS) is 12.2. The summed E-state index contributed by atoms with van der Waals surface area (Å²) in [5.74, 6) is -0.379. The molecule has 0 aliphatic rings. The van der Waals surface area contributed by atoms with E-state index < -0.39 is 10.0 Å². The number of rotatable bonds is 8. The van der Waals surface area contributed by atoms with Gasteiger partial charge in [-0.1, -0.05) is 64.8 Å². The average molecular weight is 515 g/mol. The quantitative estimate of drug-likeness (QED) is 0.438. The zero-order chi connectivity index (χ0) is 23.3. The van der Waals surface area contributed by atoms with E-state index in [4.69, 9.17) is 0 Å². The Bertz CT molecular complexity index is 1160. The fourth-order valence-electron chi connectivity index (χ4n) is 3.30. The van der Waals surface area contributed by atoms with Gasteiger partial charge in [0.1, 0.15) is 6.54 Å². The summed E-state index contributed by atoms with van der Waals surface area (Å²) in [5, 5.41) is 2.92. The molecule has 0 spiro atoms. The molecule has 1 N–H and O–H groups in total. The van der Waals surface area contributed by atoms with Crippen LogP contribution in [0.25, 0.3) is 0 Å². The number of halogens is 1. The number of amides is 1. The number of hydrogen-bond acceptors (Lipinski definition) is 3. The SMILES string of the molecule is CCc1ccc([C@@H](C)NC(=O)CN(c2ccc(Br)cc2)S(=O)(=O)c2ccc(C)cc2)cc1. The summed E-state index contributed by atoms with van der Waals surface area (Å²) in [6, 6.07) is 21.3. The number of nitrogens with zero attached hydrogens (tertiary/aromatic N) is 1. The van der Waals surface area contributed by atoms with Gasteiger partial charge in [-0.15, -0.1) is 0 Å². The monoisotopic (exact) mass is 514 g/mol. The molecule has 0 radical (unpaired) electrons. The first-order chi connectivity index (χ1) is 15.2. The fraction of sp³-hybridized carbons (Fsp3) is 0.240. The first-order valence-electron chi connectivity index (χ1n) is 10.4. The largest absolute Gasteiger partial charge is 0.348 e. The van der Waals surface area contributed by atoms with Gasteiger partial charge in [0.15, 0.2) is 0 Å². The third-order valence-electron chi connectivity index (χ3n) is 5.28. The van der Waals surface area contributed by atoms with E-state index in [1.165, 1.54) is 5.56 Å². The lowest BCUT2D eigenvalue weighted by molar-refractivity contribution is -0.120. The van der Waals surface area contributed by atoms with Crippen molar-refractivity contribution in [3.63, 3.8) is 0 Å². The fourth-order valence-corrected chi connectivity index (χ4v) is 4.99. The molecular weight excluding hydrogens is 488 g/mol. The average Bonchev–Trinajstić information content (AvgIpc) is 2.78. The number of benzene rings is 3. The molecule has 0 aromatic heterocycles. The van der Waals surface area contributed by atoms with Crippen molar-refractivity contribution in [3.8, 4) is 0 Å². The zero-order valence-electron chi connectivity index (χ0n) is 18.4. The van der Waals surface area contributed by atoms with Crippen LogP contribution >= 0.6 is 15.9 Å². The van der Waals surface area contributed by atoms with E-state index in [-0.39, 0.29) is 23.4 Å². The van der Waals surface area contributed by atoms with Crippen LogP contribution in [-0.4, -0.2) is 20.9 Å². The van der Waals surface area contributed by atoms with Crippen LogP contribution in [0.15, 0.2) is 82.2 Å². The number of carbonyl (C=O) groups excluding carboxylic acids is 1. The van der Waals surface area contributed by atoms with E-state index in [0.717, 1.165) is 26.3 Å². The summed E-state index contributed by atoms with van der Waals surface area (Å²) in [5.41, 5.74) is 3.56. The lowest BCUT2D eigenvalue weighted by Crippen LogP contribution is -2.41. The van der Waals surface area contributed by atoms with E-state index in [0.29, 0.717) is 5.69 Å². The van der Waals surface area contributed by atoms with E-state index >= 15 is 0 Å². The molecule has 1 amide bonds. The molecule has 5 nitrogen and oxygen atoms in total. The molecular formula is C25H27BrN2O3S. The van der Waals surface area contributed by atoms with Gasteiger partial charge in [0.05, 0.1) is 16.6 Å². The second-order valence-corrected chi connectivity index (χ2v) is 10.5. The van der Waals surface area contributed by atoms with Crippen molar-refractivity contribution in [1.29, 1.82) is 0 Å². The predicted octanol–water partition coefficient (Wildman–Crippen LogP) is 5.39. The maximum absolute atomic E-state index is 13.4. The number of nitrogens with one attached hydrogen (secondary N) is 1. The summed E-state index contributed by atoms with van der Waals surface area (Å²) >= 11 is 3.37. The van der Waals surface area contributed by atoms with E-state index in [1.807, 2.05) is 38.1 Å². The Hall–Kier alpha value is -2.64. The molecule has 0 aliphatic carbocycles. The minimum Gasteiger partial charge on any atom is -0.348 e. The summed E-state index contributed by atoms with van der Waals surface area (Å²) < 4.78 is 28.8. The number of carbonyl (C=O) groups is 1. The van der Waals surface area contributed by atoms with Crippen molar-refractivity contribution in [2.75, 3.05) is 10.8 Å². The van der Waals surface area contributed by atoms with Crippen molar-refractivity contribution in [1.82, 2.24) is 5.32 Å². The Kier molecular flexibility index (Phi) is 7.74. The van der Waals surface area contributed by atoms with E-state index in [9.17, 15) is 13.2 Å². The van der Waals surface area contributed by atoms with Crippen molar-refractivity contribution in [3.05, 3.63) is 94.0 Å². The van der Waals surface area contributed by atoms with Gasteiger partial charge in [-0.05, 0) is 67.8 Å². The molecule has 0 saturated carbocycles. The zero-order valence-corrected chi connectivity index (χ0v) is 20.8. The predicted molar refractivity (Wildman–Crippen MR) is 132 cm³/mol. The third kappa shape index (κ3) is 5.78. The van der Waals surface area contributed by atoms with Gasteiger partial charge in [0, 0.05) is 4.47 Å². The number of aryl methyl sites for hydroxylation is 2. The lowest BCUT2D eigenvalue weighted by atomic mass is 10.1. The van der Waals surface area contributed by atoms with Crippen LogP contribution in [0, 0.1) is 6.92 Å². The summed E-state index contributed by atoms with van der Waals surface area (Å²) in [6.45, 7) is 5.54. The molecule has 0 aliphatic heterocycles. The van der Waals surface area contributed by atoms with E-state index in [2.05, 4.69) is 28.2 Å². The number of anilines is 1. The highest BCUT2D eigenvalue weighted by Crippen LogP contribution is 2.26. The molecule has 7 heteroatoms. The second kappa shape index (κ2) is 10.3. The minimum absolute atomic E-state index is 0.141. The standard InChI is InChI=1S/C25H27BrN2O3S/c1-4-20-7-9-21(10-8-20)19(3)27-25(29)17-28(23-13-11-22(26)12-14-23)32(30,31)24-15-5-18(2)6-16-24/h5-16,19H,4,17H2,1-3H3,(H,27,29)/t19-/m1/s1. The van der Waals surface area contributed by atoms with Gasteiger partial charge in [-0.3, -0.25) is 9.10 Å². The lowest BCUT2D eigenvalue weighted by Gasteiger charge is -2.25. The van der Waals surface area contributed by atoms with Crippen molar-refractivity contribution in [2.24, 2.45) is 0 Å². The number of sulfonamides is 1. The second-order valence-electron chi connectivity index (χ2n) is 7.69. The molecule has 3 aromatic carbocycles. The maximum Gasteiger partial charge on any atom is 0.264 e. The topological polar surface area (TPSA) is 66.5 Å². The highest BCUT2D eigenvalue weighted by atomic mass is 79.9. The molecule has 1 atom stereocenters. The molecule has 0 heterocycles. The van der Waals surface area contributed by atoms with E-state index in [1.54, 1.807) is 48.5 Å². The number of hydrogen-bond donors (Lipinski definition) is 1. The van der Waals surface area contributed by atoms with Gasteiger partial charge >= 0.3 is 0 Å². The molecule has 0 fully saturated rings. The maximum atomic E-state index is 13.4. The van der Waals surface area contributed by atoms with Gasteiger partial charge in [-0.25, -0.2) is 8.42 Å². The highest BCUT2D eigenvalue weighted by Gasteiger charge is 2.27. The molecule has 3 rings (SSSR count). The van der Waals surface area contributed by atoms with Gasteiger partial charge < -0.3 is 5.32 Å². The van der Waals surface area contributed by atoms with Crippen LogP contribution in [0.1, 0.15) is 36.6 Å². The van der Waals surface area contributed by atoms with Crippen LogP contribution in [0.4, 0.5) is 5.69 Å². The highest BCUT2D eigenvalue weighted by molar-refractivity contribution is 9.10. The van der Waals surface area contributed by atoms with Crippen LogP contribution in [0.2, 0.25) is 0 Å². The first kappa shape index (κ1) is 24.0. The molecule has 0 unspecified atom stereocenters.